The Hall–Kier alpha value is -3.42. The molecule has 2 heterocycles. The summed E-state index contributed by atoms with van der Waals surface area (Å²) in [6.07, 6.45) is 2.48. The molecule has 3 rings (SSSR count). The van der Waals surface area contributed by atoms with Gasteiger partial charge in [-0.15, -0.1) is 0 Å². The third-order valence-corrected chi connectivity index (χ3v) is 4.00. The number of rotatable bonds is 4. The number of urea groups is 1. The first kappa shape index (κ1) is 16.4. The highest BCUT2D eigenvalue weighted by Gasteiger charge is 2.23. The zero-order valence-corrected chi connectivity index (χ0v) is 13.7. The molecule has 128 valence electrons. The molecule has 3 aromatic rings. The maximum atomic E-state index is 12.4. The second-order valence-corrected chi connectivity index (χ2v) is 5.55. The Labute approximate surface area is 143 Å². The molecule has 2 aromatic heterocycles. The number of fused-ring (bicyclic) bond motifs is 1. The van der Waals surface area contributed by atoms with Crippen molar-refractivity contribution in [1.82, 2.24) is 9.88 Å². The number of hydrogen-bond acceptors (Lipinski definition) is 5. The molecule has 0 radical (unpaired) electrons. The quantitative estimate of drug-likeness (QED) is 0.572. The Balaban J connectivity index is 1.79. The van der Waals surface area contributed by atoms with E-state index in [-0.39, 0.29) is 17.4 Å². The summed E-state index contributed by atoms with van der Waals surface area (Å²) < 4.78 is 5.77. The maximum absolute atomic E-state index is 12.4. The van der Waals surface area contributed by atoms with Crippen LogP contribution >= 0.6 is 0 Å². The first-order valence-corrected chi connectivity index (χ1v) is 7.58. The number of para-hydroxylation sites is 1. The van der Waals surface area contributed by atoms with Gasteiger partial charge in [0.05, 0.1) is 11.0 Å². The fraction of sp³-hybridized carbons (Fsp3) is 0.176. The van der Waals surface area contributed by atoms with Gasteiger partial charge in [-0.25, -0.2) is 4.79 Å². The zero-order chi connectivity index (χ0) is 18.0. The summed E-state index contributed by atoms with van der Waals surface area (Å²) in [6, 6.07) is 9.98. The molecule has 0 aliphatic heterocycles. The number of nitrogens with zero attached hydrogens (tertiary/aromatic N) is 3. The number of nitrogens with one attached hydrogen (secondary N) is 1. The van der Waals surface area contributed by atoms with Crippen molar-refractivity contribution in [3.63, 3.8) is 0 Å². The van der Waals surface area contributed by atoms with Gasteiger partial charge in [0.15, 0.2) is 0 Å². The number of aromatic nitrogens is 1. The van der Waals surface area contributed by atoms with Crippen molar-refractivity contribution < 1.29 is 14.1 Å². The Kier molecular flexibility index (Phi) is 4.34. The Morgan fingerprint density at radius 1 is 1.36 bits per heavy atom. The zero-order valence-electron chi connectivity index (χ0n) is 13.7. The van der Waals surface area contributed by atoms with Crippen LogP contribution in [0.2, 0.25) is 0 Å². The fourth-order valence-corrected chi connectivity index (χ4v) is 2.42. The lowest BCUT2D eigenvalue weighted by atomic mass is 10.2. The van der Waals surface area contributed by atoms with Crippen molar-refractivity contribution in [2.75, 3.05) is 12.4 Å². The second kappa shape index (κ2) is 6.60. The second-order valence-electron chi connectivity index (χ2n) is 5.55. The van der Waals surface area contributed by atoms with Crippen LogP contribution in [-0.2, 0) is 0 Å². The normalized spacial score (nSPS) is 11.9. The molecule has 8 nitrogen and oxygen atoms in total. The molecule has 1 unspecified atom stereocenters. The van der Waals surface area contributed by atoms with Gasteiger partial charge in [0, 0.05) is 18.6 Å². The van der Waals surface area contributed by atoms with E-state index in [1.807, 2.05) is 37.3 Å². The Morgan fingerprint density at radius 3 is 2.84 bits per heavy atom. The van der Waals surface area contributed by atoms with Crippen LogP contribution in [0.1, 0.15) is 18.7 Å². The number of nitro groups is 1. The van der Waals surface area contributed by atoms with Gasteiger partial charge in [0.1, 0.15) is 23.2 Å². The van der Waals surface area contributed by atoms with Crippen molar-refractivity contribution >= 4 is 28.4 Å². The lowest BCUT2D eigenvalue weighted by Gasteiger charge is -2.23. The molecular formula is C17H16N4O4. The molecule has 25 heavy (non-hydrogen) atoms. The minimum atomic E-state index is -0.592. The van der Waals surface area contributed by atoms with Gasteiger partial charge in [0.25, 0.3) is 0 Å². The molecule has 0 bridgehead atoms. The number of hydrogen-bond donors (Lipinski definition) is 1. The van der Waals surface area contributed by atoms with Gasteiger partial charge < -0.3 is 14.6 Å². The topological polar surface area (TPSA) is 102 Å². The van der Waals surface area contributed by atoms with Crippen molar-refractivity contribution in [2.24, 2.45) is 0 Å². The molecule has 1 N–H and O–H groups in total. The molecule has 0 aliphatic carbocycles. The van der Waals surface area contributed by atoms with E-state index in [0.29, 0.717) is 5.76 Å². The smallest absolute Gasteiger partial charge is 0.322 e. The highest BCUT2D eigenvalue weighted by atomic mass is 16.6. The molecule has 0 fully saturated rings. The lowest BCUT2D eigenvalue weighted by Crippen LogP contribution is -2.33. The van der Waals surface area contributed by atoms with E-state index < -0.39 is 11.0 Å². The molecule has 2 amide bonds. The summed E-state index contributed by atoms with van der Waals surface area (Å²) in [5, 5.41) is 14.5. The molecule has 0 saturated carbocycles. The van der Waals surface area contributed by atoms with E-state index in [1.165, 1.54) is 17.2 Å². The molecule has 0 saturated heterocycles. The number of anilines is 1. The van der Waals surface area contributed by atoms with Crippen molar-refractivity contribution in [3.05, 3.63) is 64.7 Å². The Morgan fingerprint density at radius 2 is 2.12 bits per heavy atom. The molecular weight excluding hydrogens is 324 g/mol. The van der Waals surface area contributed by atoms with E-state index in [9.17, 15) is 14.9 Å². The monoisotopic (exact) mass is 340 g/mol. The van der Waals surface area contributed by atoms with E-state index in [0.717, 1.165) is 17.2 Å². The standard InChI is InChI=1S/C17H16N4O4/c1-11(16-9-12-5-3-4-6-15(12)25-16)20(2)17(22)19-13-7-8-18-10-14(13)21(23)24/h3-11H,1-2H3,(H,18,19,22). The average Bonchev–Trinajstić information content (AvgIpc) is 3.04. The fourth-order valence-electron chi connectivity index (χ4n) is 2.42. The summed E-state index contributed by atoms with van der Waals surface area (Å²) in [7, 11) is 1.60. The predicted octanol–water partition coefficient (Wildman–Crippen LogP) is 3.96. The predicted molar refractivity (Wildman–Crippen MR) is 92.3 cm³/mol. The molecule has 8 heteroatoms. The summed E-state index contributed by atoms with van der Waals surface area (Å²) in [5.41, 5.74) is 0.567. The third kappa shape index (κ3) is 3.27. The first-order valence-electron chi connectivity index (χ1n) is 7.58. The van der Waals surface area contributed by atoms with E-state index in [2.05, 4.69) is 10.3 Å². The van der Waals surface area contributed by atoms with Gasteiger partial charge in [0.2, 0.25) is 0 Å². The van der Waals surface area contributed by atoms with Crippen LogP contribution in [0.25, 0.3) is 11.0 Å². The van der Waals surface area contributed by atoms with Gasteiger partial charge in [-0.3, -0.25) is 15.1 Å². The molecule has 1 aromatic carbocycles. The molecule has 0 aliphatic rings. The highest BCUT2D eigenvalue weighted by molar-refractivity contribution is 5.91. The van der Waals surface area contributed by atoms with E-state index in [1.54, 1.807) is 7.05 Å². The number of benzene rings is 1. The van der Waals surface area contributed by atoms with Gasteiger partial charge >= 0.3 is 11.7 Å². The molecule has 0 spiro atoms. The van der Waals surface area contributed by atoms with Crippen LogP contribution in [0.5, 0.6) is 0 Å². The first-order chi connectivity index (χ1) is 12.0. The van der Waals surface area contributed by atoms with Gasteiger partial charge in [-0.05, 0) is 25.1 Å². The minimum Gasteiger partial charge on any atom is -0.459 e. The number of furan rings is 1. The van der Waals surface area contributed by atoms with Gasteiger partial charge in [-0.2, -0.15) is 0 Å². The van der Waals surface area contributed by atoms with Crippen molar-refractivity contribution in [3.8, 4) is 0 Å². The van der Waals surface area contributed by atoms with Crippen molar-refractivity contribution in [1.29, 1.82) is 0 Å². The van der Waals surface area contributed by atoms with E-state index in [4.69, 9.17) is 4.42 Å². The Bertz CT molecular complexity index is 904. The summed E-state index contributed by atoms with van der Waals surface area (Å²) >= 11 is 0. The number of carbonyl (C=O) groups excluding carboxylic acids is 1. The lowest BCUT2D eigenvalue weighted by molar-refractivity contribution is -0.384. The summed E-state index contributed by atoms with van der Waals surface area (Å²) in [5.74, 6) is 0.628. The third-order valence-electron chi connectivity index (χ3n) is 4.00. The van der Waals surface area contributed by atoms with E-state index >= 15 is 0 Å². The number of pyridine rings is 1. The van der Waals surface area contributed by atoms with Crippen LogP contribution in [0.3, 0.4) is 0 Å². The minimum absolute atomic E-state index is 0.0913. The average molecular weight is 340 g/mol. The SMILES string of the molecule is CC(c1cc2ccccc2o1)N(C)C(=O)Nc1ccncc1[N+](=O)[O-]. The summed E-state index contributed by atoms with van der Waals surface area (Å²) in [6.45, 7) is 1.82. The number of amides is 2. The van der Waals surface area contributed by atoms with Crippen LogP contribution in [0.4, 0.5) is 16.2 Å². The number of carbonyl (C=O) groups is 1. The van der Waals surface area contributed by atoms with Crippen LogP contribution < -0.4 is 5.32 Å². The largest absolute Gasteiger partial charge is 0.459 e. The highest BCUT2D eigenvalue weighted by Crippen LogP contribution is 2.28. The van der Waals surface area contributed by atoms with Gasteiger partial charge in [-0.1, -0.05) is 18.2 Å². The van der Waals surface area contributed by atoms with Crippen LogP contribution in [-0.4, -0.2) is 27.9 Å². The van der Waals surface area contributed by atoms with Crippen LogP contribution in [0.15, 0.2) is 53.2 Å². The van der Waals surface area contributed by atoms with Crippen LogP contribution in [0, 0.1) is 10.1 Å². The molecule has 1 atom stereocenters. The maximum Gasteiger partial charge on any atom is 0.322 e. The summed E-state index contributed by atoms with van der Waals surface area (Å²) in [4.78, 5) is 28.0. The van der Waals surface area contributed by atoms with Crippen molar-refractivity contribution in [2.45, 2.75) is 13.0 Å².